The Bertz CT molecular complexity index is 491. The molecule has 0 aliphatic rings. The van der Waals surface area contributed by atoms with Crippen LogP contribution in [-0.2, 0) is 6.54 Å². The van der Waals surface area contributed by atoms with E-state index in [-0.39, 0.29) is 11.9 Å². The van der Waals surface area contributed by atoms with Crippen molar-refractivity contribution in [2.75, 3.05) is 0 Å². The molecule has 17 heavy (non-hydrogen) atoms. The number of rotatable bonds is 5. The van der Waals surface area contributed by atoms with Crippen molar-refractivity contribution in [3.63, 3.8) is 0 Å². The van der Waals surface area contributed by atoms with E-state index >= 15 is 0 Å². The van der Waals surface area contributed by atoms with Gasteiger partial charge in [0.25, 0.3) is 0 Å². The van der Waals surface area contributed by atoms with Gasteiger partial charge in [-0.15, -0.1) is 11.3 Å². The largest absolute Gasteiger partial charge is 0.366 e. The second kappa shape index (κ2) is 5.11. The Labute approximate surface area is 103 Å². The molecule has 2 heterocycles. The second-order valence-corrected chi connectivity index (χ2v) is 4.80. The molecule has 0 bridgehead atoms. The smallest absolute Gasteiger partial charge is 0.249 e. The highest BCUT2D eigenvalue weighted by Crippen LogP contribution is 2.16. The summed E-state index contributed by atoms with van der Waals surface area (Å²) in [5.74, 6) is -0.379. The zero-order valence-electron chi connectivity index (χ0n) is 9.43. The molecule has 1 amide bonds. The lowest BCUT2D eigenvalue weighted by Gasteiger charge is -2.10. The maximum atomic E-state index is 10.9. The van der Waals surface area contributed by atoms with Gasteiger partial charge in [-0.05, 0) is 13.0 Å². The molecule has 0 radical (unpaired) electrons. The Morgan fingerprint density at radius 2 is 2.53 bits per heavy atom. The molecule has 0 fully saturated rings. The quantitative estimate of drug-likeness (QED) is 0.750. The zero-order chi connectivity index (χ0) is 12.3. The third-order valence-corrected chi connectivity index (χ3v) is 3.48. The molecule has 2 aromatic heterocycles. The Morgan fingerprint density at radius 3 is 3.12 bits per heavy atom. The maximum Gasteiger partial charge on any atom is 0.249 e. The minimum absolute atomic E-state index is 0.216. The predicted molar refractivity (Wildman–Crippen MR) is 66.7 cm³/mol. The molecule has 0 saturated heterocycles. The Hall–Kier alpha value is -1.66. The molecule has 5 nitrogen and oxygen atoms in total. The van der Waals surface area contributed by atoms with E-state index < -0.39 is 0 Å². The van der Waals surface area contributed by atoms with Gasteiger partial charge >= 0.3 is 0 Å². The summed E-state index contributed by atoms with van der Waals surface area (Å²) in [6.45, 7) is 2.78. The van der Waals surface area contributed by atoms with Crippen LogP contribution in [0.25, 0.3) is 0 Å². The summed E-state index contributed by atoms with van der Waals surface area (Å²) in [5, 5.41) is 11.8. The van der Waals surface area contributed by atoms with Gasteiger partial charge in [-0.3, -0.25) is 9.89 Å². The number of carbonyl (C=O) groups excluding carboxylic acids is 1. The monoisotopic (exact) mass is 250 g/mol. The fraction of sp³-hybridized carbons (Fsp3) is 0.273. The molecule has 90 valence electrons. The maximum absolute atomic E-state index is 10.9. The first kappa shape index (κ1) is 11.8. The van der Waals surface area contributed by atoms with Crippen LogP contribution in [0, 0.1) is 0 Å². The van der Waals surface area contributed by atoms with Crippen LogP contribution in [0.5, 0.6) is 0 Å². The summed E-state index contributed by atoms with van der Waals surface area (Å²) >= 11 is 1.53. The standard InChI is InChI=1S/C11H14N4OS/c1-7(9-3-14-15-4-9)13-5-10-2-8(6-17-10)11(12)16/h2-4,6-7,13H,5H2,1H3,(H2,12,16)(H,14,15). The van der Waals surface area contributed by atoms with E-state index in [2.05, 4.69) is 22.4 Å². The van der Waals surface area contributed by atoms with Crippen LogP contribution in [0.1, 0.15) is 33.8 Å². The molecule has 1 unspecified atom stereocenters. The van der Waals surface area contributed by atoms with Crippen LogP contribution in [0.15, 0.2) is 23.8 Å². The van der Waals surface area contributed by atoms with E-state index in [1.165, 1.54) is 11.3 Å². The molecule has 0 saturated carbocycles. The topological polar surface area (TPSA) is 83.8 Å². The second-order valence-electron chi connectivity index (χ2n) is 3.80. The van der Waals surface area contributed by atoms with Gasteiger partial charge in [-0.25, -0.2) is 0 Å². The van der Waals surface area contributed by atoms with E-state index in [0.717, 1.165) is 10.4 Å². The minimum Gasteiger partial charge on any atom is -0.366 e. The fourth-order valence-electron chi connectivity index (χ4n) is 1.47. The first-order valence-electron chi connectivity index (χ1n) is 5.26. The van der Waals surface area contributed by atoms with Crippen LogP contribution >= 0.6 is 11.3 Å². The fourth-order valence-corrected chi connectivity index (χ4v) is 2.30. The molecule has 6 heteroatoms. The Kier molecular flexibility index (Phi) is 3.55. The van der Waals surface area contributed by atoms with Crippen molar-refractivity contribution >= 4 is 17.2 Å². The lowest BCUT2D eigenvalue weighted by Crippen LogP contribution is -2.17. The lowest BCUT2D eigenvalue weighted by atomic mass is 10.2. The Morgan fingerprint density at radius 1 is 1.71 bits per heavy atom. The first-order chi connectivity index (χ1) is 8.16. The SMILES string of the molecule is CC(NCc1cc(C(N)=O)cs1)c1cn[nH]c1. The molecular weight excluding hydrogens is 236 g/mol. The van der Waals surface area contributed by atoms with Crippen LogP contribution in [0.2, 0.25) is 0 Å². The first-order valence-corrected chi connectivity index (χ1v) is 6.14. The number of hydrogen-bond acceptors (Lipinski definition) is 4. The molecule has 1 atom stereocenters. The zero-order valence-corrected chi connectivity index (χ0v) is 10.3. The summed E-state index contributed by atoms with van der Waals surface area (Å²) in [7, 11) is 0. The number of hydrogen-bond donors (Lipinski definition) is 3. The van der Waals surface area contributed by atoms with Gasteiger partial charge in [0.2, 0.25) is 5.91 Å². The van der Waals surface area contributed by atoms with E-state index in [1.54, 1.807) is 11.6 Å². The van der Waals surface area contributed by atoms with E-state index in [9.17, 15) is 4.79 Å². The molecule has 2 rings (SSSR count). The van der Waals surface area contributed by atoms with Crippen molar-refractivity contribution in [2.45, 2.75) is 19.5 Å². The number of H-pyrrole nitrogens is 1. The number of thiophene rings is 1. The number of amides is 1. The highest BCUT2D eigenvalue weighted by Gasteiger charge is 2.08. The van der Waals surface area contributed by atoms with Crippen molar-refractivity contribution < 1.29 is 4.79 Å². The summed E-state index contributed by atoms with van der Waals surface area (Å²) in [4.78, 5) is 12.0. The number of carbonyl (C=O) groups is 1. The van der Waals surface area contributed by atoms with Crippen LogP contribution in [0.4, 0.5) is 0 Å². The van der Waals surface area contributed by atoms with Crippen LogP contribution < -0.4 is 11.1 Å². The van der Waals surface area contributed by atoms with Crippen LogP contribution in [-0.4, -0.2) is 16.1 Å². The van der Waals surface area contributed by atoms with Gasteiger partial charge in [-0.2, -0.15) is 5.10 Å². The third-order valence-electron chi connectivity index (χ3n) is 2.54. The molecule has 0 aromatic carbocycles. The molecule has 2 aromatic rings. The predicted octanol–water partition coefficient (Wildman–Crippen LogP) is 1.42. The highest BCUT2D eigenvalue weighted by molar-refractivity contribution is 7.10. The third kappa shape index (κ3) is 2.92. The van der Waals surface area contributed by atoms with E-state index in [0.29, 0.717) is 12.1 Å². The number of aromatic nitrogens is 2. The lowest BCUT2D eigenvalue weighted by molar-refractivity contribution is 0.100. The van der Waals surface area contributed by atoms with Crippen molar-refractivity contribution in [2.24, 2.45) is 5.73 Å². The number of nitrogens with two attached hydrogens (primary N) is 1. The van der Waals surface area contributed by atoms with Gasteiger partial charge in [0.05, 0.1) is 11.8 Å². The minimum atomic E-state index is -0.379. The summed E-state index contributed by atoms with van der Waals surface area (Å²) < 4.78 is 0. The summed E-state index contributed by atoms with van der Waals surface area (Å²) in [5.41, 5.74) is 6.88. The van der Waals surface area contributed by atoms with Crippen molar-refractivity contribution in [3.05, 3.63) is 39.8 Å². The molecule has 0 spiro atoms. The van der Waals surface area contributed by atoms with Crippen molar-refractivity contribution in [1.82, 2.24) is 15.5 Å². The molecule has 0 aliphatic carbocycles. The van der Waals surface area contributed by atoms with E-state index in [1.807, 2.05) is 12.3 Å². The number of aromatic amines is 1. The van der Waals surface area contributed by atoms with Gasteiger partial charge in [0, 0.05) is 34.6 Å². The average Bonchev–Trinajstić information content (AvgIpc) is 2.97. The number of primary amides is 1. The van der Waals surface area contributed by atoms with Gasteiger partial charge in [0.15, 0.2) is 0 Å². The molecule has 4 N–H and O–H groups in total. The number of nitrogens with zero attached hydrogens (tertiary/aromatic N) is 1. The summed E-state index contributed by atoms with van der Waals surface area (Å²) in [6.07, 6.45) is 3.65. The summed E-state index contributed by atoms with van der Waals surface area (Å²) in [6, 6.07) is 2.04. The molecule has 0 aliphatic heterocycles. The Balaban J connectivity index is 1.91. The van der Waals surface area contributed by atoms with Gasteiger partial charge in [0.1, 0.15) is 0 Å². The van der Waals surface area contributed by atoms with Gasteiger partial charge in [-0.1, -0.05) is 0 Å². The van der Waals surface area contributed by atoms with Crippen molar-refractivity contribution in [1.29, 1.82) is 0 Å². The normalized spacial score (nSPS) is 12.5. The molecular formula is C11H14N4OS. The van der Waals surface area contributed by atoms with Gasteiger partial charge < -0.3 is 11.1 Å². The number of nitrogens with one attached hydrogen (secondary N) is 2. The van der Waals surface area contributed by atoms with E-state index in [4.69, 9.17) is 5.73 Å². The van der Waals surface area contributed by atoms with Crippen molar-refractivity contribution in [3.8, 4) is 0 Å². The average molecular weight is 250 g/mol. The van der Waals surface area contributed by atoms with Crippen LogP contribution in [0.3, 0.4) is 0 Å². The highest BCUT2D eigenvalue weighted by atomic mass is 32.1.